The summed E-state index contributed by atoms with van der Waals surface area (Å²) in [6.07, 6.45) is 1.88. The molecule has 6 heteroatoms. The zero-order valence-electron chi connectivity index (χ0n) is 14.2. The second-order valence-corrected chi connectivity index (χ2v) is 7.60. The minimum atomic E-state index is -0.209. The van der Waals surface area contributed by atoms with Crippen LogP contribution in [-0.2, 0) is 4.79 Å². The third kappa shape index (κ3) is 4.19. The monoisotopic (exact) mass is 389 g/mol. The lowest BCUT2D eigenvalue weighted by Gasteiger charge is -2.07. The third-order valence-electron chi connectivity index (χ3n) is 3.82. The Balaban J connectivity index is 1.62. The molecule has 1 N–H and O–H groups in total. The Bertz CT molecular complexity index is 1060. The maximum absolute atomic E-state index is 13.0. The van der Waals surface area contributed by atoms with Crippen LogP contribution in [0.5, 0.6) is 0 Å². The summed E-state index contributed by atoms with van der Waals surface area (Å²) < 4.78 is 0. The molecule has 0 aliphatic carbocycles. The molecule has 0 saturated heterocycles. The van der Waals surface area contributed by atoms with E-state index in [1.807, 2.05) is 84.3 Å². The Morgan fingerprint density at radius 3 is 2.33 bits per heavy atom. The zero-order valence-corrected chi connectivity index (χ0v) is 15.8. The van der Waals surface area contributed by atoms with Gasteiger partial charge in [0.05, 0.1) is 4.88 Å². The Morgan fingerprint density at radius 2 is 1.63 bits per heavy atom. The number of nitrogens with one attached hydrogen (secondary N) is 1. The molecule has 0 radical (unpaired) electrons. The number of carbonyl (C=O) groups excluding carboxylic acids is 1. The first-order valence-electron chi connectivity index (χ1n) is 8.30. The van der Waals surface area contributed by atoms with E-state index in [2.05, 4.69) is 15.5 Å². The van der Waals surface area contributed by atoms with Crippen molar-refractivity contribution in [2.75, 3.05) is 5.32 Å². The molecule has 4 aromatic rings. The standard InChI is InChI=1S/C21H15N3OS2/c25-19(22-21-24-23-20(27-21)18-12-7-13-26-18)17(16-10-5-2-6-11-16)14-15-8-3-1-4-9-15/h1-14H,(H,22,24,25)/b17-14-. The minimum Gasteiger partial charge on any atom is -0.296 e. The summed E-state index contributed by atoms with van der Waals surface area (Å²) in [5.74, 6) is -0.209. The number of carbonyl (C=O) groups is 1. The lowest BCUT2D eigenvalue weighted by Crippen LogP contribution is -2.13. The second kappa shape index (κ2) is 8.07. The van der Waals surface area contributed by atoms with Gasteiger partial charge in [-0.1, -0.05) is 78.1 Å². The summed E-state index contributed by atoms with van der Waals surface area (Å²) in [6, 6.07) is 23.4. The van der Waals surface area contributed by atoms with Gasteiger partial charge in [0.2, 0.25) is 5.13 Å². The van der Waals surface area contributed by atoms with Crippen LogP contribution in [0, 0.1) is 0 Å². The molecule has 27 heavy (non-hydrogen) atoms. The average molecular weight is 390 g/mol. The zero-order chi connectivity index (χ0) is 18.5. The highest BCUT2D eigenvalue weighted by Crippen LogP contribution is 2.30. The van der Waals surface area contributed by atoms with Crippen LogP contribution in [0.4, 0.5) is 5.13 Å². The van der Waals surface area contributed by atoms with Gasteiger partial charge in [-0.2, -0.15) is 0 Å². The molecule has 0 aliphatic rings. The molecule has 0 saturated carbocycles. The number of aromatic nitrogens is 2. The molecule has 0 atom stereocenters. The lowest BCUT2D eigenvalue weighted by molar-refractivity contribution is -0.111. The summed E-state index contributed by atoms with van der Waals surface area (Å²) in [6.45, 7) is 0. The second-order valence-electron chi connectivity index (χ2n) is 5.68. The normalized spacial score (nSPS) is 11.3. The van der Waals surface area contributed by atoms with Crippen LogP contribution in [0.15, 0.2) is 78.2 Å². The van der Waals surface area contributed by atoms with E-state index in [1.165, 1.54) is 11.3 Å². The first-order chi connectivity index (χ1) is 13.3. The van der Waals surface area contributed by atoms with E-state index >= 15 is 0 Å². The SMILES string of the molecule is O=C(Nc1nnc(-c2cccs2)s1)/C(=C\c1ccccc1)c1ccccc1. The highest BCUT2D eigenvalue weighted by molar-refractivity contribution is 7.23. The van der Waals surface area contributed by atoms with Crippen LogP contribution in [0.2, 0.25) is 0 Å². The number of thiophene rings is 1. The van der Waals surface area contributed by atoms with Crippen molar-refractivity contribution in [2.24, 2.45) is 0 Å². The number of benzene rings is 2. The molecule has 132 valence electrons. The molecule has 4 rings (SSSR count). The molecule has 4 nitrogen and oxygen atoms in total. The molecule has 2 aromatic carbocycles. The Morgan fingerprint density at radius 1 is 0.889 bits per heavy atom. The van der Waals surface area contributed by atoms with Gasteiger partial charge in [0.25, 0.3) is 5.91 Å². The summed E-state index contributed by atoms with van der Waals surface area (Å²) in [4.78, 5) is 14.0. The van der Waals surface area contributed by atoms with Crippen molar-refractivity contribution in [1.82, 2.24) is 10.2 Å². The number of hydrogen-bond donors (Lipinski definition) is 1. The van der Waals surface area contributed by atoms with Crippen LogP contribution < -0.4 is 5.32 Å². The lowest BCUT2D eigenvalue weighted by atomic mass is 10.0. The van der Waals surface area contributed by atoms with Gasteiger partial charge in [0.1, 0.15) is 0 Å². The van der Waals surface area contributed by atoms with Crippen molar-refractivity contribution >= 4 is 45.4 Å². The van der Waals surface area contributed by atoms with Gasteiger partial charge < -0.3 is 0 Å². The first-order valence-corrected chi connectivity index (χ1v) is 10.00. The van der Waals surface area contributed by atoms with Crippen LogP contribution in [-0.4, -0.2) is 16.1 Å². The molecule has 0 unspecified atom stereocenters. The topological polar surface area (TPSA) is 54.9 Å². The average Bonchev–Trinajstić information content (AvgIpc) is 3.39. The molecular formula is C21H15N3OS2. The smallest absolute Gasteiger partial charge is 0.258 e. The Hall–Kier alpha value is -3.09. The molecule has 2 aromatic heterocycles. The number of amides is 1. The number of anilines is 1. The fourth-order valence-electron chi connectivity index (χ4n) is 2.55. The molecule has 1 amide bonds. The molecule has 0 spiro atoms. The van der Waals surface area contributed by atoms with Crippen molar-refractivity contribution in [2.45, 2.75) is 0 Å². The van der Waals surface area contributed by atoms with Gasteiger partial charge in [-0.3, -0.25) is 10.1 Å². The highest BCUT2D eigenvalue weighted by atomic mass is 32.1. The predicted octanol–water partition coefficient (Wildman–Crippen LogP) is 5.45. The van der Waals surface area contributed by atoms with E-state index in [9.17, 15) is 4.79 Å². The summed E-state index contributed by atoms with van der Waals surface area (Å²) >= 11 is 2.96. The minimum absolute atomic E-state index is 0.209. The first kappa shape index (κ1) is 17.3. The maximum Gasteiger partial charge on any atom is 0.258 e. The van der Waals surface area contributed by atoms with Gasteiger partial charge in [-0.05, 0) is 28.6 Å². The predicted molar refractivity (Wildman–Crippen MR) is 113 cm³/mol. The summed E-state index contributed by atoms with van der Waals surface area (Å²) in [5.41, 5.74) is 2.39. The van der Waals surface area contributed by atoms with Crippen LogP contribution in [0.3, 0.4) is 0 Å². The van der Waals surface area contributed by atoms with Crippen molar-refractivity contribution in [3.8, 4) is 9.88 Å². The van der Waals surface area contributed by atoms with Crippen LogP contribution >= 0.6 is 22.7 Å². The highest BCUT2D eigenvalue weighted by Gasteiger charge is 2.15. The van der Waals surface area contributed by atoms with E-state index in [-0.39, 0.29) is 5.91 Å². The van der Waals surface area contributed by atoms with E-state index in [4.69, 9.17) is 0 Å². The quantitative estimate of drug-likeness (QED) is 0.365. The molecular weight excluding hydrogens is 374 g/mol. The Kier molecular flexibility index (Phi) is 5.18. The number of rotatable bonds is 5. The third-order valence-corrected chi connectivity index (χ3v) is 5.70. The fraction of sp³-hybridized carbons (Fsp3) is 0. The van der Waals surface area contributed by atoms with Crippen LogP contribution in [0.1, 0.15) is 11.1 Å². The summed E-state index contributed by atoms with van der Waals surface area (Å²) in [7, 11) is 0. The molecule has 0 bridgehead atoms. The molecule has 0 fully saturated rings. The fourth-order valence-corrected chi connectivity index (χ4v) is 4.08. The van der Waals surface area contributed by atoms with Gasteiger partial charge >= 0.3 is 0 Å². The van der Waals surface area contributed by atoms with Gasteiger partial charge in [-0.15, -0.1) is 21.5 Å². The van der Waals surface area contributed by atoms with E-state index < -0.39 is 0 Å². The summed E-state index contributed by atoms with van der Waals surface area (Å²) in [5, 5.41) is 14.4. The maximum atomic E-state index is 13.0. The molecule has 2 heterocycles. The van der Waals surface area contributed by atoms with Crippen molar-refractivity contribution in [1.29, 1.82) is 0 Å². The van der Waals surface area contributed by atoms with Crippen molar-refractivity contribution < 1.29 is 4.79 Å². The van der Waals surface area contributed by atoms with Crippen LogP contribution in [0.25, 0.3) is 21.5 Å². The largest absolute Gasteiger partial charge is 0.296 e. The number of nitrogens with zero attached hydrogens (tertiary/aromatic N) is 2. The number of hydrogen-bond acceptors (Lipinski definition) is 5. The Labute approximate surface area is 164 Å². The van der Waals surface area contributed by atoms with E-state index in [0.717, 1.165) is 21.0 Å². The van der Waals surface area contributed by atoms with Gasteiger partial charge in [-0.25, -0.2) is 0 Å². The van der Waals surface area contributed by atoms with Crippen molar-refractivity contribution in [3.05, 3.63) is 89.3 Å². The van der Waals surface area contributed by atoms with E-state index in [1.54, 1.807) is 11.3 Å². The van der Waals surface area contributed by atoms with E-state index in [0.29, 0.717) is 10.7 Å². The molecule has 0 aliphatic heterocycles. The van der Waals surface area contributed by atoms with Gasteiger partial charge in [0.15, 0.2) is 5.01 Å². The van der Waals surface area contributed by atoms with Gasteiger partial charge in [0, 0.05) is 5.57 Å². The van der Waals surface area contributed by atoms with Crippen molar-refractivity contribution in [3.63, 3.8) is 0 Å².